The molecule has 2 N–H and O–H groups in total. The number of hydrogen-bond acceptors (Lipinski definition) is 6. The highest BCUT2D eigenvalue weighted by molar-refractivity contribution is 7.10. The molecule has 2 heterocycles. The summed E-state index contributed by atoms with van der Waals surface area (Å²) >= 11 is 0.750. The summed E-state index contributed by atoms with van der Waals surface area (Å²) in [6, 6.07) is 10.6. The minimum atomic E-state index is -0.520. The van der Waals surface area contributed by atoms with Gasteiger partial charge in [-0.25, -0.2) is 4.39 Å². The number of aromatic hydroxyl groups is 1. The zero-order valence-electron chi connectivity index (χ0n) is 14.2. The summed E-state index contributed by atoms with van der Waals surface area (Å²) in [6.45, 7) is 0. The molecule has 0 bridgehead atoms. The van der Waals surface area contributed by atoms with Crippen LogP contribution in [0.3, 0.4) is 0 Å². The number of nitrogens with zero attached hydrogens (tertiary/aromatic N) is 2. The number of aromatic nitrogens is 1. The van der Waals surface area contributed by atoms with E-state index in [-0.39, 0.29) is 28.4 Å². The van der Waals surface area contributed by atoms with Gasteiger partial charge < -0.3 is 5.11 Å². The molecule has 28 heavy (non-hydrogen) atoms. The molecule has 0 amide bonds. The first-order valence-corrected chi connectivity index (χ1v) is 8.98. The van der Waals surface area contributed by atoms with Crippen molar-refractivity contribution >= 4 is 40.1 Å². The number of nitro benzene ring substituents is 1. The number of fused-ring (bicyclic) bond motifs is 1. The highest BCUT2D eigenvalue weighted by Crippen LogP contribution is 2.44. The zero-order chi connectivity index (χ0) is 19.8. The van der Waals surface area contributed by atoms with Crippen molar-refractivity contribution in [2.24, 2.45) is 4.99 Å². The van der Waals surface area contributed by atoms with Crippen LogP contribution in [0.4, 0.5) is 15.8 Å². The van der Waals surface area contributed by atoms with Gasteiger partial charge in [0.2, 0.25) is 5.88 Å². The molecule has 1 aliphatic heterocycles. The van der Waals surface area contributed by atoms with Gasteiger partial charge in [-0.1, -0.05) is 35.6 Å². The minimum Gasteiger partial charge on any atom is -0.493 e. The third-order valence-electron chi connectivity index (χ3n) is 4.37. The number of aromatic amines is 1. The summed E-state index contributed by atoms with van der Waals surface area (Å²) in [5, 5.41) is 21.7. The summed E-state index contributed by atoms with van der Waals surface area (Å²) in [6.07, 6.45) is 1.46. The number of hydrogen-bond donors (Lipinski definition) is 2. The number of nitrogens with one attached hydrogen (secondary N) is 1. The van der Waals surface area contributed by atoms with Crippen molar-refractivity contribution in [2.75, 3.05) is 0 Å². The van der Waals surface area contributed by atoms with E-state index in [0.717, 1.165) is 11.3 Å². The van der Waals surface area contributed by atoms with Crippen LogP contribution in [-0.2, 0) is 6.42 Å². The van der Waals surface area contributed by atoms with Gasteiger partial charge in [-0.15, -0.1) is 0 Å². The molecule has 140 valence electrons. The Hall–Kier alpha value is -3.59. The first-order valence-electron chi connectivity index (χ1n) is 8.16. The molecule has 1 aromatic heterocycles. The molecule has 0 radical (unpaired) electrons. The fourth-order valence-electron chi connectivity index (χ4n) is 3.15. The molecule has 0 fully saturated rings. The van der Waals surface area contributed by atoms with Crippen LogP contribution in [0.15, 0.2) is 52.3 Å². The number of benzene rings is 2. The second-order valence-corrected chi connectivity index (χ2v) is 7.02. The highest BCUT2D eigenvalue weighted by atomic mass is 32.1. The molecule has 4 rings (SSSR count). The lowest BCUT2D eigenvalue weighted by atomic mass is 9.94. The van der Waals surface area contributed by atoms with E-state index in [4.69, 9.17) is 0 Å². The number of aliphatic imine (C=N–C) groups is 1. The summed E-state index contributed by atoms with van der Waals surface area (Å²) in [5.74, 6) is -0.824. The number of thiazole rings is 1. The van der Waals surface area contributed by atoms with E-state index < -0.39 is 15.6 Å². The second-order valence-electron chi connectivity index (χ2n) is 6.04. The van der Waals surface area contributed by atoms with Crippen molar-refractivity contribution in [2.45, 2.75) is 6.42 Å². The quantitative estimate of drug-likeness (QED) is 0.511. The van der Waals surface area contributed by atoms with Gasteiger partial charge in [0.05, 0.1) is 21.1 Å². The van der Waals surface area contributed by atoms with Crippen LogP contribution in [-0.4, -0.2) is 21.2 Å². The molecule has 0 saturated heterocycles. The molecule has 0 aliphatic carbocycles. The van der Waals surface area contributed by atoms with E-state index in [0.29, 0.717) is 22.4 Å². The van der Waals surface area contributed by atoms with Gasteiger partial charge in [0.15, 0.2) is 0 Å². The summed E-state index contributed by atoms with van der Waals surface area (Å²) in [7, 11) is 0. The molecular formula is C19H12FN3O4S. The van der Waals surface area contributed by atoms with Gasteiger partial charge >= 0.3 is 4.87 Å². The monoisotopic (exact) mass is 397 g/mol. The highest BCUT2D eigenvalue weighted by Gasteiger charge is 2.28. The molecule has 0 atom stereocenters. The van der Waals surface area contributed by atoms with Crippen molar-refractivity contribution in [1.82, 2.24) is 4.98 Å². The summed E-state index contributed by atoms with van der Waals surface area (Å²) < 4.78 is 14.3. The number of allylic oxidation sites excluding steroid dienone is 2. The van der Waals surface area contributed by atoms with Crippen molar-refractivity contribution in [3.8, 4) is 5.88 Å². The maximum Gasteiger partial charge on any atom is 0.307 e. The Bertz CT molecular complexity index is 1230. The molecule has 9 heteroatoms. The molecule has 1 aliphatic rings. The molecule has 0 saturated carbocycles. The van der Waals surface area contributed by atoms with Crippen LogP contribution in [0.2, 0.25) is 0 Å². The maximum atomic E-state index is 14.3. The van der Waals surface area contributed by atoms with Crippen LogP contribution in [0.25, 0.3) is 11.1 Å². The Kier molecular flexibility index (Phi) is 4.36. The lowest BCUT2D eigenvalue weighted by Crippen LogP contribution is -2.00. The molecule has 0 spiro atoms. The van der Waals surface area contributed by atoms with Crippen molar-refractivity contribution in [3.63, 3.8) is 0 Å². The summed E-state index contributed by atoms with van der Waals surface area (Å²) in [4.78, 5) is 28.9. The van der Waals surface area contributed by atoms with Crippen molar-refractivity contribution < 1.29 is 14.4 Å². The predicted octanol–water partition coefficient (Wildman–Crippen LogP) is 4.06. The average Bonchev–Trinajstić information content (AvgIpc) is 3.23. The fourth-order valence-corrected chi connectivity index (χ4v) is 3.93. The van der Waals surface area contributed by atoms with Gasteiger partial charge in [-0.05, 0) is 23.3 Å². The van der Waals surface area contributed by atoms with E-state index >= 15 is 0 Å². The molecular weight excluding hydrogens is 385 g/mol. The van der Waals surface area contributed by atoms with Crippen LogP contribution in [0.1, 0.15) is 16.0 Å². The standard InChI is InChI=1S/C19H12FN3O4S/c20-13-5-2-1-4-10(13)8-11(17-18(24)22-19(25)28-17)12-9-21-14-6-3-7-15(16(12)14)23(26)27/h1-7,9,24H,8H2,(H,22,25). The maximum absolute atomic E-state index is 14.3. The lowest BCUT2D eigenvalue weighted by molar-refractivity contribution is -0.385. The van der Waals surface area contributed by atoms with E-state index in [9.17, 15) is 24.4 Å². The second kappa shape index (κ2) is 6.86. The third kappa shape index (κ3) is 3.01. The van der Waals surface area contributed by atoms with E-state index in [2.05, 4.69) is 9.98 Å². The Morgan fingerprint density at radius 1 is 1.25 bits per heavy atom. The van der Waals surface area contributed by atoms with Crippen LogP contribution >= 0.6 is 11.3 Å². The van der Waals surface area contributed by atoms with Crippen molar-refractivity contribution in [1.29, 1.82) is 0 Å². The smallest absolute Gasteiger partial charge is 0.307 e. The van der Waals surface area contributed by atoms with Crippen molar-refractivity contribution in [3.05, 3.63) is 84.1 Å². The average molecular weight is 397 g/mol. The molecule has 3 aromatic rings. The summed E-state index contributed by atoms with van der Waals surface area (Å²) in [5.41, 5.74) is 1.60. The number of H-pyrrole nitrogens is 1. The van der Waals surface area contributed by atoms with E-state index in [1.54, 1.807) is 24.3 Å². The number of rotatable bonds is 4. The van der Waals surface area contributed by atoms with Gasteiger partial charge in [0.25, 0.3) is 5.69 Å². The first kappa shape index (κ1) is 17.8. The largest absolute Gasteiger partial charge is 0.493 e. The van der Waals surface area contributed by atoms with Gasteiger partial charge in [0.1, 0.15) is 5.82 Å². The third-order valence-corrected chi connectivity index (χ3v) is 5.31. The Balaban J connectivity index is 2.00. The van der Waals surface area contributed by atoms with Gasteiger partial charge in [-0.2, -0.15) is 0 Å². The fraction of sp³-hybridized carbons (Fsp3) is 0.0526. The topological polar surface area (TPSA) is 109 Å². The normalized spacial score (nSPS) is 14.2. The SMILES string of the molecule is O=c1[nH]c(O)c(C(Cc2ccccc2F)=C2C=Nc3cccc([N+](=O)[O-])c32)s1. The molecule has 7 nitrogen and oxygen atoms in total. The predicted molar refractivity (Wildman–Crippen MR) is 105 cm³/mol. The van der Waals surface area contributed by atoms with Crippen LogP contribution in [0.5, 0.6) is 5.88 Å². The minimum absolute atomic E-state index is 0.0148. The van der Waals surface area contributed by atoms with Crippen LogP contribution in [0, 0.1) is 15.9 Å². The Morgan fingerprint density at radius 3 is 2.71 bits per heavy atom. The zero-order valence-corrected chi connectivity index (χ0v) is 15.0. The lowest BCUT2D eigenvalue weighted by Gasteiger charge is -2.11. The van der Waals surface area contributed by atoms with E-state index in [1.807, 2.05) is 0 Å². The Morgan fingerprint density at radius 2 is 2.04 bits per heavy atom. The molecule has 2 aromatic carbocycles. The number of nitro groups is 1. The van der Waals surface area contributed by atoms with E-state index in [1.165, 1.54) is 24.4 Å². The Labute approximate surface area is 161 Å². The number of halogens is 1. The molecule has 0 unspecified atom stereocenters. The van der Waals surface area contributed by atoms with Gasteiger partial charge in [-0.3, -0.25) is 24.9 Å². The van der Waals surface area contributed by atoms with Crippen LogP contribution < -0.4 is 4.87 Å². The van der Waals surface area contributed by atoms with Gasteiger partial charge in [0, 0.05) is 24.3 Å². The first-order chi connectivity index (χ1) is 13.5.